The van der Waals surface area contributed by atoms with Gasteiger partial charge in [0.05, 0.1) is 11.3 Å². The molecule has 1 saturated carbocycles. The van der Waals surface area contributed by atoms with Crippen LogP contribution in [0.3, 0.4) is 0 Å². The Morgan fingerprint density at radius 2 is 2.04 bits per heavy atom. The summed E-state index contributed by atoms with van der Waals surface area (Å²) in [4.78, 5) is 14.8. The second-order valence-electron chi connectivity index (χ2n) is 7.26. The molecule has 1 aromatic heterocycles. The molecule has 1 aliphatic carbocycles. The molecule has 0 bridgehead atoms. The van der Waals surface area contributed by atoms with Crippen LogP contribution in [0.2, 0.25) is 0 Å². The number of aromatic nitrogens is 2. The van der Waals surface area contributed by atoms with Gasteiger partial charge in [-0.3, -0.25) is 9.48 Å². The number of hydrogen-bond donors (Lipinski definition) is 0. The summed E-state index contributed by atoms with van der Waals surface area (Å²) in [6, 6.07) is 4.73. The minimum atomic E-state index is -4.46. The molecular weight excluding hydrogens is 371 g/mol. The Kier molecular flexibility index (Phi) is 5.41. The van der Waals surface area contributed by atoms with Crippen molar-refractivity contribution in [3.05, 3.63) is 46.8 Å². The van der Waals surface area contributed by atoms with E-state index in [1.807, 2.05) is 20.9 Å². The third kappa shape index (κ3) is 4.31. The predicted molar refractivity (Wildman–Crippen MR) is 97.8 cm³/mol. The van der Waals surface area contributed by atoms with Gasteiger partial charge in [0.25, 0.3) is 5.91 Å². The van der Waals surface area contributed by atoms with Gasteiger partial charge in [0.2, 0.25) is 0 Å². The van der Waals surface area contributed by atoms with Crippen LogP contribution in [0.5, 0.6) is 5.75 Å². The van der Waals surface area contributed by atoms with Crippen molar-refractivity contribution >= 4 is 5.91 Å². The maximum absolute atomic E-state index is 13.0. The van der Waals surface area contributed by atoms with Gasteiger partial charge in [-0.1, -0.05) is 6.07 Å². The summed E-state index contributed by atoms with van der Waals surface area (Å²) >= 11 is 0. The zero-order valence-corrected chi connectivity index (χ0v) is 16.4. The van der Waals surface area contributed by atoms with E-state index in [-0.39, 0.29) is 17.7 Å². The molecule has 0 unspecified atom stereocenters. The van der Waals surface area contributed by atoms with Crippen molar-refractivity contribution in [2.75, 3.05) is 0 Å². The monoisotopic (exact) mass is 395 g/mol. The number of benzene rings is 1. The van der Waals surface area contributed by atoms with Crippen LogP contribution < -0.4 is 4.74 Å². The van der Waals surface area contributed by atoms with Gasteiger partial charge in [-0.05, 0) is 51.8 Å². The van der Waals surface area contributed by atoms with Crippen molar-refractivity contribution in [2.45, 2.75) is 58.5 Å². The summed E-state index contributed by atoms with van der Waals surface area (Å²) in [6.45, 7) is 5.85. The molecule has 1 amide bonds. The van der Waals surface area contributed by atoms with E-state index in [1.165, 1.54) is 12.1 Å². The topological polar surface area (TPSA) is 47.4 Å². The van der Waals surface area contributed by atoms with Crippen LogP contribution >= 0.6 is 0 Å². The Hall–Kier alpha value is -2.51. The van der Waals surface area contributed by atoms with Gasteiger partial charge < -0.3 is 9.64 Å². The minimum absolute atomic E-state index is 0.0279. The molecule has 1 atom stereocenters. The molecule has 0 N–H and O–H groups in total. The largest absolute Gasteiger partial charge is 0.481 e. The van der Waals surface area contributed by atoms with Gasteiger partial charge in [-0.15, -0.1) is 0 Å². The lowest BCUT2D eigenvalue weighted by Gasteiger charge is -2.26. The molecule has 1 fully saturated rings. The fourth-order valence-electron chi connectivity index (χ4n) is 3.22. The highest BCUT2D eigenvalue weighted by atomic mass is 19.4. The summed E-state index contributed by atoms with van der Waals surface area (Å²) in [5.41, 5.74) is 2.05. The van der Waals surface area contributed by atoms with Crippen LogP contribution in [0.4, 0.5) is 13.2 Å². The second-order valence-corrected chi connectivity index (χ2v) is 7.26. The number of aryl methyl sites for hydroxylation is 2. The molecule has 0 saturated heterocycles. The summed E-state index contributed by atoms with van der Waals surface area (Å²) < 4.78 is 46.0. The van der Waals surface area contributed by atoms with Crippen LogP contribution in [0, 0.1) is 13.8 Å². The van der Waals surface area contributed by atoms with Crippen molar-refractivity contribution < 1.29 is 22.7 Å². The summed E-state index contributed by atoms with van der Waals surface area (Å²) in [5.74, 6) is -0.206. The Balaban J connectivity index is 1.75. The van der Waals surface area contributed by atoms with E-state index in [4.69, 9.17) is 4.74 Å². The fourth-order valence-corrected chi connectivity index (χ4v) is 3.22. The van der Waals surface area contributed by atoms with Crippen molar-refractivity contribution in [1.82, 2.24) is 14.7 Å². The third-order valence-corrected chi connectivity index (χ3v) is 5.08. The Labute approximate surface area is 162 Å². The van der Waals surface area contributed by atoms with Crippen molar-refractivity contribution in [3.8, 4) is 5.75 Å². The molecule has 2 aromatic rings. The Morgan fingerprint density at radius 3 is 2.57 bits per heavy atom. The summed E-state index contributed by atoms with van der Waals surface area (Å²) in [6.07, 6.45) is -3.51. The standard InChI is InChI=1S/C20H24F3N3O2/c1-12-18(13(2)25(4)24-12)11-26(16-8-9-16)19(27)14(3)28-17-7-5-6-15(10-17)20(21,22)23/h5-7,10,14,16H,8-9,11H2,1-4H3/t14-/m0/s1. The third-order valence-electron chi connectivity index (χ3n) is 5.08. The molecule has 1 heterocycles. The molecule has 8 heteroatoms. The molecule has 5 nitrogen and oxygen atoms in total. The number of halogens is 3. The van der Waals surface area contributed by atoms with Gasteiger partial charge in [-0.25, -0.2) is 0 Å². The predicted octanol–water partition coefficient (Wildman–Crippen LogP) is 4.01. The first-order chi connectivity index (χ1) is 13.1. The van der Waals surface area contributed by atoms with Crippen molar-refractivity contribution in [3.63, 3.8) is 0 Å². The number of nitrogens with zero attached hydrogens (tertiary/aromatic N) is 3. The SMILES string of the molecule is Cc1nn(C)c(C)c1CN(C(=O)[C@H](C)Oc1cccc(C(F)(F)F)c1)C1CC1. The number of amides is 1. The smallest absolute Gasteiger partial charge is 0.416 e. The minimum Gasteiger partial charge on any atom is -0.481 e. The van der Waals surface area contributed by atoms with Crippen LogP contribution in [-0.4, -0.2) is 32.7 Å². The van der Waals surface area contributed by atoms with E-state index in [9.17, 15) is 18.0 Å². The van der Waals surface area contributed by atoms with E-state index in [2.05, 4.69) is 5.10 Å². The highest BCUT2D eigenvalue weighted by molar-refractivity contribution is 5.81. The number of alkyl halides is 3. The first kappa shape index (κ1) is 20.2. The molecule has 152 valence electrons. The average molecular weight is 395 g/mol. The Morgan fingerprint density at radius 1 is 1.36 bits per heavy atom. The molecule has 0 aliphatic heterocycles. The first-order valence-corrected chi connectivity index (χ1v) is 9.21. The van der Waals surface area contributed by atoms with Crippen molar-refractivity contribution in [1.29, 1.82) is 0 Å². The number of carbonyl (C=O) groups excluding carboxylic acids is 1. The molecule has 1 aliphatic rings. The highest BCUT2D eigenvalue weighted by Crippen LogP contribution is 2.33. The lowest BCUT2D eigenvalue weighted by Crippen LogP contribution is -2.41. The lowest BCUT2D eigenvalue weighted by molar-refractivity contribution is -0.139. The van der Waals surface area contributed by atoms with E-state index in [0.717, 1.165) is 41.9 Å². The zero-order chi connectivity index (χ0) is 20.6. The number of hydrogen-bond acceptors (Lipinski definition) is 3. The number of ether oxygens (including phenoxy) is 1. The van der Waals surface area contributed by atoms with E-state index >= 15 is 0 Å². The van der Waals surface area contributed by atoms with Gasteiger partial charge >= 0.3 is 6.18 Å². The van der Waals surface area contributed by atoms with Crippen LogP contribution in [0.1, 0.15) is 42.3 Å². The Bertz CT molecular complexity index is 872. The maximum Gasteiger partial charge on any atom is 0.416 e. The number of rotatable bonds is 6. The normalized spacial score (nSPS) is 15.4. The molecule has 0 radical (unpaired) electrons. The number of carbonyl (C=O) groups is 1. The van der Waals surface area contributed by atoms with Crippen LogP contribution in [0.25, 0.3) is 0 Å². The average Bonchev–Trinajstić information content (AvgIpc) is 3.42. The maximum atomic E-state index is 13.0. The van der Waals surface area contributed by atoms with Gasteiger partial charge in [0.15, 0.2) is 6.10 Å². The molecular formula is C20H24F3N3O2. The molecule has 28 heavy (non-hydrogen) atoms. The van der Waals surface area contributed by atoms with Gasteiger partial charge in [0.1, 0.15) is 5.75 Å². The zero-order valence-electron chi connectivity index (χ0n) is 16.4. The summed E-state index contributed by atoms with van der Waals surface area (Å²) in [5, 5.41) is 4.39. The van der Waals surface area contributed by atoms with Gasteiger partial charge in [-0.2, -0.15) is 18.3 Å². The fraction of sp³-hybridized carbons (Fsp3) is 0.500. The first-order valence-electron chi connectivity index (χ1n) is 9.21. The highest BCUT2D eigenvalue weighted by Gasteiger charge is 2.36. The van der Waals surface area contributed by atoms with E-state index in [1.54, 1.807) is 16.5 Å². The molecule has 1 aromatic carbocycles. The van der Waals surface area contributed by atoms with Crippen LogP contribution in [-0.2, 0) is 24.6 Å². The van der Waals surface area contributed by atoms with Crippen molar-refractivity contribution in [2.24, 2.45) is 7.05 Å². The van der Waals surface area contributed by atoms with Crippen LogP contribution in [0.15, 0.2) is 24.3 Å². The summed E-state index contributed by atoms with van der Waals surface area (Å²) in [7, 11) is 1.86. The van der Waals surface area contributed by atoms with E-state index in [0.29, 0.717) is 6.54 Å². The molecule has 0 spiro atoms. The quantitative estimate of drug-likeness (QED) is 0.742. The van der Waals surface area contributed by atoms with Gasteiger partial charge in [0, 0.05) is 30.9 Å². The van der Waals surface area contributed by atoms with E-state index < -0.39 is 17.8 Å². The lowest BCUT2D eigenvalue weighted by atomic mass is 10.1. The molecule has 3 rings (SSSR count). The second kappa shape index (κ2) is 7.48.